The molecule has 0 aromatic rings. The van der Waals surface area contributed by atoms with Gasteiger partial charge in [0.05, 0.1) is 12.7 Å². The minimum absolute atomic E-state index is 0.283. The van der Waals surface area contributed by atoms with Crippen molar-refractivity contribution in [2.24, 2.45) is 0 Å². The highest BCUT2D eigenvalue weighted by Gasteiger charge is 2.06. The Morgan fingerprint density at radius 2 is 1.75 bits per heavy atom. The van der Waals surface area contributed by atoms with Gasteiger partial charge in [0.25, 0.3) is 0 Å². The van der Waals surface area contributed by atoms with E-state index in [1.165, 1.54) is 38.5 Å². The van der Waals surface area contributed by atoms with Crippen LogP contribution in [0.25, 0.3) is 0 Å². The smallest absolute Gasteiger partial charge is 0.0804 e. The molecule has 0 aliphatic heterocycles. The van der Waals surface area contributed by atoms with Crippen LogP contribution < -0.4 is 0 Å². The van der Waals surface area contributed by atoms with E-state index in [0.29, 0.717) is 0 Å². The topological polar surface area (TPSA) is 18.5 Å². The second kappa shape index (κ2) is 13.0. The Balaban J connectivity index is 3.26. The predicted octanol–water partition coefficient (Wildman–Crippen LogP) is 3.99. The molecule has 0 bridgehead atoms. The summed E-state index contributed by atoms with van der Waals surface area (Å²) in [6, 6.07) is 0. The van der Waals surface area contributed by atoms with Gasteiger partial charge in [0.15, 0.2) is 0 Å². The van der Waals surface area contributed by atoms with Gasteiger partial charge in [-0.2, -0.15) is 0 Å². The molecule has 0 aromatic carbocycles. The van der Waals surface area contributed by atoms with Crippen LogP contribution in [-0.2, 0) is 9.47 Å². The van der Waals surface area contributed by atoms with Crippen molar-refractivity contribution >= 4 is 0 Å². The highest BCUT2D eigenvalue weighted by Crippen LogP contribution is 2.10. The number of hydrogen-bond donors (Lipinski definition) is 0. The molecule has 0 aliphatic carbocycles. The Bertz CT molecular complexity index is 126. The predicted molar refractivity (Wildman–Crippen MR) is 69.6 cm³/mol. The van der Waals surface area contributed by atoms with E-state index in [1.54, 1.807) is 7.11 Å². The maximum Gasteiger partial charge on any atom is 0.0804 e. The van der Waals surface area contributed by atoms with E-state index in [9.17, 15) is 0 Å². The summed E-state index contributed by atoms with van der Waals surface area (Å²) in [6.45, 7) is 5.73. The van der Waals surface area contributed by atoms with Crippen LogP contribution in [0.5, 0.6) is 0 Å². The standard InChI is InChI=1S/C14H29O2/c1-4-6-7-8-9-10-11-14(15-3)13-16-12-5-2/h5,14H,4,6-13H2,1-3H3. The molecule has 0 rings (SSSR count). The first-order valence-corrected chi connectivity index (χ1v) is 6.73. The van der Waals surface area contributed by atoms with Gasteiger partial charge in [0.1, 0.15) is 0 Å². The normalized spacial score (nSPS) is 12.9. The molecule has 1 radical (unpaired) electrons. The van der Waals surface area contributed by atoms with E-state index in [1.807, 2.05) is 13.3 Å². The van der Waals surface area contributed by atoms with Gasteiger partial charge in [-0.3, -0.25) is 0 Å². The lowest BCUT2D eigenvalue weighted by Gasteiger charge is -2.15. The fraction of sp³-hybridized carbons (Fsp3) is 0.929. The minimum Gasteiger partial charge on any atom is -0.379 e. The minimum atomic E-state index is 0.283. The first-order chi connectivity index (χ1) is 7.85. The Morgan fingerprint density at radius 3 is 2.38 bits per heavy atom. The van der Waals surface area contributed by atoms with Gasteiger partial charge >= 0.3 is 0 Å². The third-order valence-electron chi connectivity index (χ3n) is 2.80. The van der Waals surface area contributed by atoms with E-state index in [4.69, 9.17) is 9.47 Å². The van der Waals surface area contributed by atoms with Gasteiger partial charge in [-0.05, 0) is 12.8 Å². The molecule has 0 amide bonds. The molecule has 0 N–H and O–H groups in total. The molecule has 1 unspecified atom stereocenters. The summed E-state index contributed by atoms with van der Waals surface area (Å²) >= 11 is 0. The molecule has 97 valence electrons. The van der Waals surface area contributed by atoms with Crippen LogP contribution in [0.2, 0.25) is 0 Å². The van der Waals surface area contributed by atoms with E-state index in [2.05, 4.69) is 6.92 Å². The quantitative estimate of drug-likeness (QED) is 0.471. The summed E-state index contributed by atoms with van der Waals surface area (Å²) in [4.78, 5) is 0. The summed E-state index contributed by atoms with van der Waals surface area (Å²) in [5, 5.41) is 0. The summed E-state index contributed by atoms with van der Waals surface area (Å²) in [7, 11) is 1.78. The van der Waals surface area contributed by atoms with Crippen molar-refractivity contribution in [2.75, 3.05) is 20.3 Å². The molecule has 0 saturated heterocycles. The summed E-state index contributed by atoms with van der Waals surface area (Å²) in [5.41, 5.74) is 0. The molecule has 2 heteroatoms. The molecule has 0 saturated carbocycles. The van der Waals surface area contributed by atoms with Crippen molar-refractivity contribution in [1.82, 2.24) is 0 Å². The molecular weight excluding hydrogens is 200 g/mol. The number of unbranched alkanes of at least 4 members (excludes halogenated alkanes) is 5. The maximum absolute atomic E-state index is 5.45. The lowest BCUT2D eigenvalue weighted by atomic mass is 10.1. The fourth-order valence-electron chi connectivity index (χ4n) is 1.74. The van der Waals surface area contributed by atoms with Gasteiger partial charge < -0.3 is 9.47 Å². The summed E-state index contributed by atoms with van der Waals surface area (Å²) in [5.74, 6) is 0. The van der Waals surface area contributed by atoms with E-state index in [-0.39, 0.29) is 6.10 Å². The Kier molecular flexibility index (Phi) is 12.9. The Morgan fingerprint density at radius 1 is 1.06 bits per heavy atom. The summed E-state index contributed by atoms with van der Waals surface area (Å²) in [6.07, 6.45) is 11.5. The monoisotopic (exact) mass is 229 g/mol. The van der Waals surface area contributed by atoms with Crippen LogP contribution >= 0.6 is 0 Å². The number of methoxy groups -OCH3 is 1. The molecule has 0 spiro atoms. The Hall–Kier alpha value is -0.0800. The van der Waals surface area contributed by atoms with E-state index < -0.39 is 0 Å². The van der Waals surface area contributed by atoms with Gasteiger partial charge in [-0.15, -0.1) is 0 Å². The lowest BCUT2D eigenvalue weighted by Crippen LogP contribution is -2.18. The van der Waals surface area contributed by atoms with Crippen molar-refractivity contribution in [2.45, 2.75) is 64.9 Å². The van der Waals surface area contributed by atoms with Crippen LogP contribution in [0.15, 0.2) is 0 Å². The van der Waals surface area contributed by atoms with Gasteiger partial charge in [-0.1, -0.05) is 52.4 Å². The van der Waals surface area contributed by atoms with Crippen molar-refractivity contribution < 1.29 is 9.47 Å². The van der Waals surface area contributed by atoms with Crippen LogP contribution in [-0.4, -0.2) is 26.4 Å². The third-order valence-corrected chi connectivity index (χ3v) is 2.80. The third kappa shape index (κ3) is 10.4. The van der Waals surface area contributed by atoms with Gasteiger partial charge in [0.2, 0.25) is 0 Å². The highest BCUT2D eigenvalue weighted by molar-refractivity contribution is 4.59. The molecular formula is C14H29O2. The molecule has 0 aliphatic rings. The molecule has 1 atom stereocenters. The summed E-state index contributed by atoms with van der Waals surface area (Å²) < 4.78 is 10.8. The SMILES string of the molecule is C[CH]COCC(CCCCCCCC)OC. The molecule has 2 nitrogen and oxygen atoms in total. The second-order valence-corrected chi connectivity index (χ2v) is 4.36. The molecule has 0 heterocycles. The average molecular weight is 229 g/mol. The fourth-order valence-corrected chi connectivity index (χ4v) is 1.74. The zero-order chi connectivity index (χ0) is 12.1. The number of rotatable bonds is 12. The maximum atomic E-state index is 5.45. The molecule has 16 heavy (non-hydrogen) atoms. The van der Waals surface area contributed by atoms with Crippen LogP contribution in [0, 0.1) is 6.42 Å². The second-order valence-electron chi connectivity index (χ2n) is 4.36. The van der Waals surface area contributed by atoms with E-state index in [0.717, 1.165) is 19.6 Å². The first-order valence-electron chi connectivity index (χ1n) is 6.73. The van der Waals surface area contributed by atoms with Crippen LogP contribution in [0.4, 0.5) is 0 Å². The van der Waals surface area contributed by atoms with Crippen molar-refractivity contribution in [3.63, 3.8) is 0 Å². The van der Waals surface area contributed by atoms with Crippen molar-refractivity contribution in [3.8, 4) is 0 Å². The highest BCUT2D eigenvalue weighted by atomic mass is 16.5. The largest absolute Gasteiger partial charge is 0.379 e. The molecule has 0 fully saturated rings. The Labute approximate surface area is 102 Å². The number of ether oxygens (including phenoxy) is 2. The van der Waals surface area contributed by atoms with Crippen molar-refractivity contribution in [1.29, 1.82) is 0 Å². The van der Waals surface area contributed by atoms with Gasteiger partial charge in [0, 0.05) is 13.7 Å². The van der Waals surface area contributed by atoms with Gasteiger partial charge in [-0.25, -0.2) is 0 Å². The zero-order valence-corrected chi connectivity index (χ0v) is 11.3. The zero-order valence-electron chi connectivity index (χ0n) is 11.3. The average Bonchev–Trinajstić information content (AvgIpc) is 2.31. The van der Waals surface area contributed by atoms with Crippen LogP contribution in [0.1, 0.15) is 58.8 Å². The lowest BCUT2D eigenvalue weighted by molar-refractivity contribution is 0.00936. The molecule has 0 aromatic heterocycles. The van der Waals surface area contributed by atoms with Crippen LogP contribution in [0.3, 0.4) is 0 Å². The number of hydrogen-bond acceptors (Lipinski definition) is 2. The first kappa shape index (κ1) is 15.9. The van der Waals surface area contributed by atoms with E-state index >= 15 is 0 Å². The van der Waals surface area contributed by atoms with Crippen molar-refractivity contribution in [3.05, 3.63) is 6.42 Å².